The van der Waals surface area contributed by atoms with Gasteiger partial charge in [0.2, 0.25) is 5.78 Å². The number of Topliss-reactive ketones (excluding diaryl/α,β-unsaturated/α-hetero) is 1. The molecule has 1 amide bonds. The number of rotatable bonds is 4. The van der Waals surface area contributed by atoms with Gasteiger partial charge in [-0.15, -0.1) is 0 Å². The molecule has 0 fully saturated rings. The second-order valence-electron chi connectivity index (χ2n) is 3.83. The van der Waals surface area contributed by atoms with Gasteiger partial charge in [-0.25, -0.2) is 0 Å². The summed E-state index contributed by atoms with van der Waals surface area (Å²) in [6.07, 6.45) is 0. The van der Waals surface area contributed by atoms with Gasteiger partial charge in [0.05, 0.1) is 7.11 Å². The van der Waals surface area contributed by atoms with Gasteiger partial charge in [-0.3, -0.25) is 9.59 Å². The molecule has 0 atom stereocenters. The summed E-state index contributed by atoms with van der Waals surface area (Å²) in [6, 6.07) is 3.45. The van der Waals surface area contributed by atoms with E-state index in [0.29, 0.717) is 12.1 Å². The average molecular weight is 235 g/mol. The van der Waals surface area contributed by atoms with Gasteiger partial charge in [0.15, 0.2) is 0 Å². The van der Waals surface area contributed by atoms with Crippen LogP contribution in [0.15, 0.2) is 12.1 Å². The molecular formula is C13H17NO3. The van der Waals surface area contributed by atoms with Crippen molar-refractivity contribution in [1.82, 2.24) is 5.32 Å². The number of ketones is 1. The lowest BCUT2D eigenvalue weighted by Gasteiger charge is -2.10. The van der Waals surface area contributed by atoms with Gasteiger partial charge in [-0.05, 0) is 44.0 Å². The number of ether oxygens (including phenoxy) is 1. The molecule has 1 aromatic rings. The molecule has 92 valence electrons. The summed E-state index contributed by atoms with van der Waals surface area (Å²) in [5.41, 5.74) is 2.00. The molecule has 0 aliphatic carbocycles. The van der Waals surface area contributed by atoms with Crippen molar-refractivity contribution >= 4 is 11.7 Å². The number of likely N-dealkylation sites (N-methyl/N-ethyl adjacent to an activating group) is 1. The van der Waals surface area contributed by atoms with E-state index >= 15 is 0 Å². The summed E-state index contributed by atoms with van der Waals surface area (Å²) in [5.74, 6) is -0.356. The van der Waals surface area contributed by atoms with E-state index in [2.05, 4.69) is 5.32 Å². The van der Waals surface area contributed by atoms with Crippen LogP contribution in [0, 0.1) is 13.8 Å². The maximum Gasteiger partial charge on any atom is 0.292 e. The minimum Gasteiger partial charge on any atom is -0.496 e. The Hall–Kier alpha value is -1.84. The number of hydrogen-bond acceptors (Lipinski definition) is 3. The molecule has 0 saturated heterocycles. The lowest BCUT2D eigenvalue weighted by atomic mass is 10.0. The third kappa shape index (κ3) is 2.84. The highest BCUT2D eigenvalue weighted by atomic mass is 16.5. The van der Waals surface area contributed by atoms with Crippen LogP contribution in [0.3, 0.4) is 0 Å². The third-order valence-corrected chi connectivity index (χ3v) is 2.53. The topological polar surface area (TPSA) is 55.4 Å². The molecule has 0 aliphatic heterocycles. The van der Waals surface area contributed by atoms with E-state index in [1.165, 1.54) is 0 Å². The predicted octanol–water partition coefficient (Wildman–Crippen LogP) is 1.63. The Morgan fingerprint density at radius 1 is 1.24 bits per heavy atom. The lowest BCUT2D eigenvalue weighted by Crippen LogP contribution is -2.31. The number of hydrogen-bond donors (Lipinski definition) is 1. The van der Waals surface area contributed by atoms with Crippen LogP contribution in [0.25, 0.3) is 0 Å². The van der Waals surface area contributed by atoms with Gasteiger partial charge in [0.25, 0.3) is 5.91 Å². The number of methoxy groups -OCH3 is 1. The highest BCUT2D eigenvalue weighted by molar-refractivity contribution is 6.43. The minimum absolute atomic E-state index is 0.425. The largest absolute Gasteiger partial charge is 0.496 e. The van der Waals surface area contributed by atoms with Crippen molar-refractivity contribution in [3.05, 3.63) is 28.8 Å². The van der Waals surface area contributed by atoms with Crippen LogP contribution in [0.1, 0.15) is 28.4 Å². The molecule has 0 saturated carbocycles. The summed E-state index contributed by atoms with van der Waals surface area (Å²) in [4.78, 5) is 23.3. The Bertz CT molecular complexity index is 452. The summed E-state index contributed by atoms with van der Waals surface area (Å²) in [5, 5.41) is 2.50. The van der Waals surface area contributed by atoms with Crippen LogP contribution < -0.4 is 10.1 Å². The van der Waals surface area contributed by atoms with Crippen LogP contribution in [-0.2, 0) is 4.79 Å². The Labute approximate surface area is 101 Å². The second-order valence-corrected chi connectivity index (χ2v) is 3.83. The molecule has 0 bridgehead atoms. The fourth-order valence-corrected chi connectivity index (χ4v) is 1.62. The summed E-state index contributed by atoms with van der Waals surface area (Å²) in [7, 11) is 1.58. The van der Waals surface area contributed by atoms with Crippen molar-refractivity contribution in [1.29, 1.82) is 0 Å². The molecule has 0 spiro atoms. The summed E-state index contributed by atoms with van der Waals surface area (Å²) in [6.45, 7) is 5.84. The van der Waals surface area contributed by atoms with Crippen molar-refractivity contribution in [3.63, 3.8) is 0 Å². The summed E-state index contributed by atoms with van der Waals surface area (Å²) < 4.78 is 5.16. The minimum atomic E-state index is -0.569. The van der Waals surface area contributed by atoms with Crippen LogP contribution >= 0.6 is 0 Å². The van der Waals surface area contributed by atoms with Gasteiger partial charge >= 0.3 is 0 Å². The highest BCUT2D eigenvalue weighted by Gasteiger charge is 2.18. The van der Waals surface area contributed by atoms with Crippen molar-refractivity contribution in [3.8, 4) is 5.75 Å². The van der Waals surface area contributed by atoms with Gasteiger partial charge in [0, 0.05) is 12.1 Å². The number of amides is 1. The first kappa shape index (κ1) is 13.2. The SMILES string of the molecule is CCNC(=O)C(=O)c1cc(C)c(OC)cc1C. The third-order valence-electron chi connectivity index (χ3n) is 2.53. The van der Waals surface area contributed by atoms with Crippen LogP contribution in [0.4, 0.5) is 0 Å². The average Bonchev–Trinajstić information content (AvgIpc) is 2.31. The van der Waals surface area contributed by atoms with E-state index in [-0.39, 0.29) is 0 Å². The van der Waals surface area contributed by atoms with Crippen molar-refractivity contribution in [2.75, 3.05) is 13.7 Å². The first-order valence-electron chi connectivity index (χ1n) is 5.49. The van der Waals surface area contributed by atoms with E-state index in [1.54, 1.807) is 33.1 Å². The van der Waals surface area contributed by atoms with Crippen molar-refractivity contribution in [2.45, 2.75) is 20.8 Å². The molecule has 17 heavy (non-hydrogen) atoms. The zero-order chi connectivity index (χ0) is 13.0. The molecule has 0 aromatic heterocycles. The van der Waals surface area contributed by atoms with Crippen LogP contribution in [0.2, 0.25) is 0 Å². The maximum absolute atomic E-state index is 11.9. The predicted molar refractivity (Wildman–Crippen MR) is 65.5 cm³/mol. The molecule has 0 unspecified atom stereocenters. The molecule has 4 nitrogen and oxygen atoms in total. The molecule has 1 N–H and O–H groups in total. The fourth-order valence-electron chi connectivity index (χ4n) is 1.62. The Balaban J connectivity index is 3.11. The van der Waals surface area contributed by atoms with E-state index in [9.17, 15) is 9.59 Å². The maximum atomic E-state index is 11.9. The number of benzene rings is 1. The Kier molecular flexibility index (Phi) is 4.26. The Morgan fingerprint density at radius 3 is 2.41 bits per heavy atom. The van der Waals surface area contributed by atoms with E-state index in [1.807, 2.05) is 6.92 Å². The number of carbonyl (C=O) groups excluding carboxylic acids is 2. The zero-order valence-electron chi connectivity index (χ0n) is 10.6. The standard InChI is InChI=1S/C13H17NO3/c1-5-14-13(16)12(15)10-6-9(3)11(17-4)7-8(10)2/h6-7H,5H2,1-4H3,(H,14,16). The Morgan fingerprint density at radius 2 is 1.88 bits per heavy atom. The van der Waals surface area contributed by atoms with E-state index < -0.39 is 11.7 Å². The zero-order valence-corrected chi connectivity index (χ0v) is 10.6. The highest BCUT2D eigenvalue weighted by Crippen LogP contribution is 2.22. The van der Waals surface area contributed by atoms with E-state index in [0.717, 1.165) is 16.9 Å². The summed E-state index contributed by atoms with van der Waals surface area (Å²) >= 11 is 0. The van der Waals surface area contributed by atoms with Crippen molar-refractivity contribution in [2.24, 2.45) is 0 Å². The van der Waals surface area contributed by atoms with E-state index in [4.69, 9.17) is 4.74 Å². The van der Waals surface area contributed by atoms with Gasteiger partial charge in [-0.2, -0.15) is 0 Å². The first-order valence-corrected chi connectivity index (χ1v) is 5.49. The normalized spacial score (nSPS) is 9.88. The van der Waals surface area contributed by atoms with Gasteiger partial charge in [0.1, 0.15) is 5.75 Å². The first-order chi connectivity index (χ1) is 8.01. The quantitative estimate of drug-likeness (QED) is 0.637. The second kappa shape index (κ2) is 5.48. The van der Waals surface area contributed by atoms with Crippen LogP contribution in [-0.4, -0.2) is 25.3 Å². The van der Waals surface area contributed by atoms with Crippen molar-refractivity contribution < 1.29 is 14.3 Å². The number of carbonyl (C=O) groups is 2. The number of nitrogens with one attached hydrogen (secondary N) is 1. The van der Waals surface area contributed by atoms with Gasteiger partial charge < -0.3 is 10.1 Å². The van der Waals surface area contributed by atoms with Crippen LogP contribution in [0.5, 0.6) is 5.75 Å². The molecule has 0 heterocycles. The lowest BCUT2D eigenvalue weighted by molar-refractivity contribution is -0.116. The molecule has 0 radical (unpaired) electrons. The molecule has 1 rings (SSSR count). The molecule has 1 aromatic carbocycles. The van der Waals surface area contributed by atoms with Gasteiger partial charge in [-0.1, -0.05) is 0 Å². The number of aryl methyl sites for hydroxylation is 2. The molecule has 0 aliphatic rings. The monoisotopic (exact) mass is 235 g/mol. The molecule has 4 heteroatoms. The molecular weight excluding hydrogens is 218 g/mol. The fraction of sp³-hybridized carbons (Fsp3) is 0.385. The smallest absolute Gasteiger partial charge is 0.292 e.